The molecule has 8 nitrogen and oxygen atoms in total. The van der Waals surface area contributed by atoms with Gasteiger partial charge in [0.05, 0.1) is 21.2 Å². The topological polar surface area (TPSA) is 103 Å². The summed E-state index contributed by atoms with van der Waals surface area (Å²) in [6.45, 7) is 4.65. The molecule has 11 heteroatoms. The maximum Gasteiger partial charge on any atom is 0.245 e. The molecule has 3 aromatic rings. The van der Waals surface area contributed by atoms with Crippen molar-refractivity contribution in [1.29, 1.82) is 5.41 Å². The molecule has 0 spiro atoms. The summed E-state index contributed by atoms with van der Waals surface area (Å²) in [6.07, 6.45) is 6.71. The van der Waals surface area contributed by atoms with Crippen LogP contribution in [0.5, 0.6) is 5.75 Å². The van der Waals surface area contributed by atoms with Gasteiger partial charge < -0.3 is 25.7 Å². The van der Waals surface area contributed by atoms with Gasteiger partial charge in [-0.25, -0.2) is 14.4 Å². The van der Waals surface area contributed by atoms with Gasteiger partial charge in [0.2, 0.25) is 5.91 Å². The molecule has 2 aromatic carbocycles. The molecule has 192 valence electrons. The van der Waals surface area contributed by atoms with E-state index in [1.54, 1.807) is 30.3 Å². The number of hydrogen-bond acceptors (Lipinski definition) is 7. The van der Waals surface area contributed by atoms with E-state index in [1.807, 2.05) is 0 Å². The van der Waals surface area contributed by atoms with Gasteiger partial charge in [0, 0.05) is 61.9 Å². The molecule has 0 radical (unpaired) electrons. The SMILES string of the molecule is C=CC(=O)N1CCC(Oc2cc3c(Nc4ccc(Cl)c(Cl)c4F)ncnc3cc2/C(C=N)=C/NC)CC1. The highest BCUT2D eigenvalue weighted by molar-refractivity contribution is 6.42. The van der Waals surface area contributed by atoms with Crippen LogP contribution in [-0.4, -0.2) is 53.2 Å². The number of carbonyl (C=O) groups excluding carboxylic acids is 1. The second-order valence-electron chi connectivity index (χ2n) is 8.32. The van der Waals surface area contributed by atoms with Crippen molar-refractivity contribution in [1.82, 2.24) is 20.2 Å². The number of nitrogens with zero attached hydrogens (tertiary/aromatic N) is 3. The van der Waals surface area contributed by atoms with Crippen LogP contribution in [0.3, 0.4) is 0 Å². The summed E-state index contributed by atoms with van der Waals surface area (Å²) in [5.41, 5.74) is 1.92. The molecule has 1 aliphatic heterocycles. The largest absolute Gasteiger partial charge is 0.490 e. The van der Waals surface area contributed by atoms with E-state index < -0.39 is 5.82 Å². The fourth-order valence-corrected chi connectivity index (χ4v) is 4.42. The van der Waals surface area contributed by atoms with Crippen molar-refractivity contribution in [2.45, 2.75) is 18.9 Å². The maximum absolute atomic E-state index is 14.7. The van der Waals surface area contributed by atoms with Crippen molar-refractivity contribution in [3.63, 3.8) is 0 Å². The van der Waals surface area contributed by atoms with Crippen LogP contribution in [0.25, 0.3) is 16.5 Å². The molecular weight excluding hydrogens is 518 g/mol. The highest BCUT2D eigenvalue weighted by atomic mass is 35.5. The van der Waals surface area contributed by atoms with Crippen LogP contribution in [0.2, 0.25) is 10.0 Å². The number of aromatic nitrogens is 2. The molecule has 2 heterocycles. The number of nitrogens with one attached hydrogen (secondary N) is 3. The van der Waals surface area contributed by atoms with Crippen molar-refractivity contribution >= 4 is 63.3 Å². The third-order valence-electron chi connectivity index (χ3n) is 6.01. The van der Waals surface area contributed by atoms with Crippen molar-refractivity contribution < 1.29 is 13.9 Å². The number of allylic oxidation sites excluding steroid dienone is 1. The second-order valence-corrected chi connectivity index (χ2v) is 9.10. The Morgan fingerprint density at radius 3 is 2.70 bits per heavy atom. The average molecular weight is 543 g/mol. The number of likely N-dealkylation sites (tertiary alicyclic amines) is 1. The zero-order valence-electron chi connectivity index (χ0n) is 20.0. The predicted octanol–water partition coefficient (Wildman–Crippen LogP) is 5.58. The Kier molecular flexibility index (Phi) is 8.25. The lowest BCUT2D eigenvalue weighted by Crippen LogP contribution is -2.41. The Balaban J connectivity index is 1.74. The molecule has 1 amide bonds. The molecule has 1 aromatic heterocycles. The van der Waals surface area contributed by atoms with Crippen molar-refractivity contribution in [2.75, 3.05) is 25.5 Å². The van der Waals surface area contributed by atoms with Crippen LogP contribution >= 0.6 is 23.2 Å². The summed E-state index contributed by atoms with van der Waals surface area (Å²) in [6, 6.07) is 6.54. The number of fused-ring (bicyclic) bond motifs is 1. The summed E-state index contributed by atoms with van der Waals surface area (Å²) in [7, 11) is 1.74. The quantitative estimate of drug-likeness (QED) is 0.195. The van der Waals surface area contributed by atoms with E-state index in [0.29, 0.717) is 59.5 Å². The van der Waals surface area contributed by atoms with Gasteiger partial charge in [-0.2, -0.15) is 0 Å². The van der Waals surface area contributed by atoms with Gasteiger partial charge >= 0.3 is 0 Å². The zero-order chi connectivity index (χ0) is 26.5. The lowest BCUT2D eigenvalue weighted by Gasteiger charge is -2.32. The Morgan fingerprint density at radius 2 is 2.03 bits per heavy atom. The maximum atomic E-state index is 14.7. The van der Waals surface area contributed by atoms with E-state index in [1.165, 1.54) is 30.8 Å². The Labute approximate surface area is 223 Å². The number of hydrogen-bond donors (Lipinski definition) is 3. The van der Waals surface area contributed by atoms with Crippen molar-refractivity contribution in [3.8, 4) is 5.75 Å². The normalized spacial score (nSPS) is 14.4. The van der Waals surface area contributed by atoms with Crippen LogP contribution in [0.1, 0.15) is 18.4 Å². The van der Waals surface area contributed by atoms with Crippen LogP contribution in [0, 0.1) is 11.2 Å². The van der Waals surface area contributed by atoms with Gasteiger partial charge in [-0.05, 0) is 30.3 Å². The van der Waals surface area contributed by atoms with E-state index >= 15 is 0 Å². The van der Waals surface area contributed by atoms with Crippen LogP contribution in [-0.2, 0) is 4.79 Å². The van der Waals surface area contributed by atoms with Gasteiger partial charge in [0.1, 0.15) is 24.0 Å². The number of amides is 1. The molecule has 1 aliphatic rings. The molecule has 0 atom stereocenters. The summed E-state index contributed by atoms with van der Waals surface area (Å²) >= 11 is 11.9. The first-order chi connectivity index (χ1) is 17.9. The third kappa shape index (κ3) is 5.68. The lowest BCUT2D eigenvalue weighted by molar-refractivity contribution is -0.127. The molecule has 1 saturated heterocycles. The number of rotatable bonds is 8. The summed E-state index contributed by atoms with van der Waals surface area (Å²) < 4.78 is 21.1. The molecule has 4 rings (SSSR count). The minimum absolute atomic E-state index is 0.102. The number of halogens is 3. The number of carbonyl (C=O) groups is 1. The van der Waals surface area contributed by atoms with E-state index in [4.69, 9.17) is 33.3 Å². The van der Waals surface area contributed by atoms with Gasteiger partial charge in [0.25, 0.3) is 0 Å². The second kappa shape index (κ2) is 11.6. The summed E-state index contributed by atoms with van der Waals surface area (Å²) in [5, 5.41) is 14.3. The van der Waals surface area contributed by atoms with Crippen LogP contribution < -0.4 is 15.4 Å². The van der Waals surface area contributed by atoms with Gasteiger partial charge in [-0.3, -0.25) is 4.79 Å². The Morgan fingerprint density at radius 1 is 1.27 bits per heavy atom. The molecule has 1 fully saturated rings. The van der Waals surface area contributed by atoms with E-state index in [2.05, 4.69) is 27.2 Å². The van der Waals surface area contributed by atoms with Crippen LogP contribution in [0.15, 0.2) is 49.4 Å². The van der Waals surface area contributed by atoms with E-state index in [9.17, 15) is 9.18 Å². The fraction of sp³-hybridized carbons (Fsp3) is 0.231. The lowest BCUT2D eigenvalue weighted by atomic mass is 10.0. The third-order valence-corrected chi connectivity index (χ3v) is 6.79. The molecule has 0 bridgehead atoms. The minimum atomic E-state index is -0.696. The first-order valence-electron chi connectivity index (χ1n) is 11.5. The summed E-state index contributed by atoms with van der Waals surface area (Å²) in [5.74, 6) is 0.0609. The zero-order valence-corrected chi connectivity index (χ0v) is 21.5. The van der Waals surface area contributed by atoms with E-state index in [-0.39, 0.29) is 27.7 Å². The van der Waals surface area contributed by atoms with Gasteiger partial charge in [-0.1, -0.05) is 29.8 Å². The average Bonchev–Trinajstić information content (AvgIpc) is 2.92. The number of benzene rings is 2. The fourth-order valence-electron chi connectivity index (χ4n) is 4.11. The highest BCUT2D eigenvalue weighted by Crippen LogP contribution is 2.36. The Bertz CT molecular complexity index is 1390. The predicted molar refractivity (Wildman–Crippen MR) is 145 cm³/mol. The van der Waals surface area contributed by atoms with Crippen molar-refractivity contribution in [3.05, 3.63) is 70.9 Å². The molecule has 37 heavy (non-hydrogen) atoms. The standard InChI is InChI=1S/C26H25Cl2FN6O2/c1-3-23(36)35-8-6-16(7-9-35)37-22-11-18-21(10-17(22)15(12-30)13-31-2)32-14-33-26(18)34-20-5-4-19(27)24(28)25(20)29/h3-5,10-14,16,30-31H,1,6-9H2,2H3,(H,32,33,34)/b15-13+,30-12?. The molecule has 0 saturated carbocycles. The first kappa shape index (κ1) is 26.4. The molecule has 0 aliphatic carbocycles. The first-order valence-corrected chi connectivity index (χ1v) is 12.3. The molecular formula is C26H25Cl2FN6O2. The smallest absolute Gasteiger partial charge is 0.245 e. The van der Waals surface area contributed by atoms with Gasteiger partial charge in [0.15, 0.2) is 5.82 Å². The van der Waals surface area contributed by atoms with E-state index in [0.717, 1.165) is 0 Å². The van der Waals surface area contributed by atoms with Crippen LogP contribution in [0.4, 0.5) is 15.9 Å². The van der Waals surface area contributed by atoms with Crippen molar-refractivity contribution in [2.24, 2.45) is 0 Å². The Hall–Kier alpha value is -3.69. The van der Waals surface area contributed by atoms with Gasteiger partial charge in [-0.15, -0.1) is 0 Å². The number of piperidine rings is 1. The minimum Gasteiger partial charge on any atom is -0.490 e. The molecule has 3 N–H and O–H groups in total. The number of anilines is 2. The number of ether oxygens (including phenoxy) is 1. The highest BCUT2D eigenvalue weighted by Gasteiger charge is 2.24. The summed E-state index contributed by atoms with van der Waals surface area (Å²) in [4.78, 5) is 22.4. The molecule has 0 unspecified atom stereocenters. The monoisotopic (exact) mass is 542 g/mol.